The Hall–Kier alpha value is -3.15. The van der Waals surface area contributed by atoms with Gasteiger partial charge in [-0.25, -0.2) is 5.01 Å². The lowest BCUT2D eigenvalue weighted by atomic mass is 9.98. The van der Waals surface area contributed by atoms with Gasteiger partial charge in [0, 0.05) is 24.8 Å². The van der Waals surface area contributed by atoms with E-state index in [4.69, 9.17) is 4.74 Å². The van der Waals surface area contributed by atoms with E-state index >= 15 is 0 Å². The number of para-hydroxylation sites is 1. The highest BCUT2D eigenvalue weighted by atomic mass is 16.5. The van der Waals surface area contributed by atoms with Crippen molar-refractivity contribution >= 4 is 17.6 Å². The van der Waals surface area contributed by atoms with Gasteiger partial charge in [0.05, 0.1) is 25.5 Å². The molecule has 0 bridgehead atoms. The molecule has 2 aromatic rings. The summed E-state index contributed by atoms with van der Waals surface area (Å²) in [6, 6.07) is 17.5. The van der Waals surface area contributed by atoms with E-state index < -0.39 is 0 Å². The molecule has 0 saturated heterocycles. The van der Waals surface area contributed by atoms with Gasteiger partial charge in [-0.05, 0) is 24.1 Å². The molecule has 152 valence electrons. The third-order valence-electron chi connectivity index (χ3n) is 4.86. The molecule has 0 spiro atoms. The molecule has 1 amide bonds. The van der Waals surface area contributed by atoms with E-state index in [9.17, 15) is 9.59 Å². The summed E-state index contributed by atoms with van der Waals surface area (Å²) in [5.41, 5.74) is 2.76. The van der Waals surface area contributed by atoms with Gasteiger partial charge < -0.3 is 9.47 Å². The van der Waals surface area contributed by atoms with Crippen LogP contribution in [0.3, 0.4) is 0 Å². The predicted octanol–water partition coefficient (Wildman–Crippen LogP) is 4.11. The van der Waals surface area contributed by atoms with Crippen LogP contribution in [0.2, 0.25) is 0 Å². The van der Waals surface area contributed by atoms with E-state index in [1.54, 1.807) is 5.01 Å². The summed E-state index contributed by atoms with van der Waals surface area (Å²) < 4.78 is 10.6. The third kappa shape index (κ3) is 5.02. The Morgan fingerprint density at radius 1 is 1.10 bits per heavy atom. The lowest BCUT2D eigenvalue weighted by Crippen LogP contribution is -2.26. The van der Waals surface area contributed by atoms with Crippen molar-refractivity contribution in [3.63, 3.8) is 0 Å². The maximum Gasteiger partial charge on any atom is 0.305 e. The number of rotatable bonds is 8. The summed E-state index contributed by atoms with van der Waals surface area (Å²) in [5, 5.41) is 6.26. The third-order valence-corrected chi connectivity index (χ3v) is 4.86. The Morgan fingerprint density at radius 2 is 1.83 bits per heavy atom. The Bertz CT molecular complexity index is 879. The molecule has 3 rings (SSSR count). The van der Waals surface area contributed by atoms with E-state index in [1.165, 1.54) is 7.11 Å². The van der Waals surface area contributed by atoms with E-state index in [0.29, 0.717) is 38.0 Å². The number of ether oxygens (including phenoxy) is 2. The summed E-state index contributed by atoms with van der Waals surface area (Å²) >= 11 is 0. The topological polar surface area (TPSA) is 68.2 Å². The molecule has 0 N–H and O–H groups in total. The smallest absolute Gasteiger partial charge is 0.305 e. The predicted molar refractivity (Wildman–Crippen MR) is 111 cm³/mol. The van der Waals surface area contributed by atoms with Crippen LogP contribution in [0, 0.1) is 0 Å². The Kier molecular flexibility index (Phi) is 7.00. The maximum atomic E-state index is 12.5. The monoisotopic (exact) mass is 394 g/mol. The summed E-state index contributed by atoms with van der Waals surface area (Å²) in [7, 11) is 1.38. The number of carbonyl (C=O) groups excluding carboxylic acids is 2. The summed E-state index contributed by atoms with van der Waals surface area (Å²) in [5.74, 6) is 0.445. The molecule has 1 unspecified atom stereocenters. The molecule has 0 aliphatic carbocycles. The maximum absolute atomic E-state index is 12.5. The van der Waals surface area contributed by atoms with Crippen LogP contribution >= 0.6 is 0 Å². The van der Waals surface area contributed by atoms with Crippen molar-refractivity contribution < 1.29 is 19.1 Å². The van der Waals surface area contributed by atoms with Gasteiger partial charge in [-0.15, -0.1) is 0 Å². The zero-order valence-electron chi connectivity index (χ0n) is 16.8. The quantitative estimate of drug-likeness (QED) is 0.499. The zero-order chi connectivity index (χ0) is 20.6. The molecule has 6 nitrogen and oxygen atoms in total. The van der Waals surface area contributed by atoms with Crippen LogP contribution in [0.1, 0.15) is 49.8 Å². The van der Waals surface area contributed by atoms with Gasteiger partial charge in [-0.1, -0.05) is 49.4 Å². The number of hydrazone groups is 1. The Balaban J connectivity index is 1.79. The molecule has 2 aromatic carbocycles. The average molecular weight is 394 g/mol. The van der Waals surface area contributed by atoms with Crippen LogP contribution in [0.5, 0.6) is 5.75 Å². The minimum absolute atomic E-state index is 0.00895. The Morgan fingerprint density at radius 3 is 2.55 bits per heavy atom. The van der Waals surface area contributed by atoms with E-state index in [2.05, 4.69) is 9.84 Å². The number of amides is 1. The van der Waals surface area contributed by atoms with E-state index in [0.717, 1.165) is 16.8 Å². The second kappa shape index (κ2) is 9.87. The fraction of sp³-hybridized carbons (Fsp3) is 0.348. The van der Waals surface area contributed by atoms with Crippen LogP contribution in [0.4, 0.5) is 0 Å². The normalized spacial score (nSPS) is 15.7. The van der Waals surface area contributed by atoms with Crippen LogP contribution < -0.4 is 4.74 Å². The molecule has 0 saturated carbocycles. The number of esters is 1. The van der Waals surface area contributed by atoms with Crippen molar-refractivity contribution in [1.82, 2.24) is 5.01 Å². The number of hydrogen-bond acceptors (Lipinski definition) is 5. The van der Waals surface area contributed by atoms with Gasteiger partial charge in [0.2, 0.25) is 5.91 Å². The highest BCUT2D eigenvalue weighted by molar-refractivity contribution is 6.05. The SMILES string of the molecule is CCC(=O)N1N=C(c2ccccc2OCCCC(=O)OC)CC1c1ccccc1. The minimum atomic E-state index is -0.249. The zero-order valence-corrected chi connectivity index (χ0v) is 16.8. The molecule has 0 radical (unpaired) electrons. The van der Waals surface area contributed by atoms with Crippen LogP contribution in [0.15, 0.2) is 59.7 Å². The number of carbonyl (C=O) groups is 2. The molecule has 6 heteroatoms. The second-order valence-corrected chi connectivity index (χ2v) is 6.79. The highest BCUT2D eigenvalue weighted by Gasteiger charge is 2.33. The minimum Gasteiger partial charge on any atom is -0.493 e. The fourth-order valence-corrected chi connectivity index (χ4v) is 3.33. The van der Waals surface area contributed by atoms with Gasteiger partial charge in [0.1, 0.15) is 5.75 Å². The first-order chi connectivity index (χ1) is 14.1. The average Bonchev–Trinajstić information content (AvgIpc) is 3.22. The van der Waals surface area contributed by atoms with Crippen LogP contribution in [-0.2, 0) is 14.3 Å². The molecule has 1 atom stereocenters. The molecule has 1 aliphatic rings. The van der Waals surface area contributed by atoms with Crippen LogP contribution in [0.25, 0.3) is 0 Å². The van der Waals surface area contributed by atoms with Crippen molar-refractivity contribution in [1.29, 1.82) is 0 Å². The van der Waals surface area contributed by atoms with Crippen molar-refractivity contribution in [3.8, 4) is 5.75 Å². The number of nitrogens with zero attached hydrogens (tertiary/aromatic N) is 2. The lowest BCUT2D eigenvalue weighted by Gasteiger charge is -2.21. The van der Waals surface area contributed by atoms with Crippen molar-refractivity contribution in [2.24, 2.45) is 5.10 Å². The largest absolute Gasteiger partial charge is 0.493 e. The van der Waals surface area contributed by atoms with Crippen molar-refractivity contribution in [3.05, 3.63) is 65.7 Å². The van der Waals surface area contributed by atoms with Gasteiger partial charge in [0.15, 0.2) is 0 Å². The van der Waals surface area contributed by atoms with E-state index in [-0.39, 0.29) is 17.9 Å². The molecule has 29 heavy (non-hydrogen) atoms. The molecular weight excluding hydrogens is 368 g/mol. The number of methoxy groups -OCH3 is 1. The lowest BCUT2D eigenvalue weighted by molar-refractivity contribution is -0.140. The molecule has 0 aromatic heterocycles. The molecule has 0 fully saturated rings. The summed E-state index contributed by atoms with van der Waals surface area (Å²) in [6.45, 7) is 2.25. The number of benzene rings is 2. The molecule has 1 aliphatic heterocycles. The van der Waals surface area contributed by atoms with Crippen molar-refractivity contribution in [2.45, 2.75) is 38.6 Å². The second-order valence-electron chi connectivity index (χ2n) is 6.79. The van der Waals surface area contributed by atoms with Gasteiger partial charge >= 0.3 is 5.97 Å². The standard InChI is InChI=1S/C23H26N2O4/c1-3-22(26)25-20(17-10-5-4-6-11-17)16-19(24-25)18-12-7-8-13-21(18)29-15-9-14-23(27)28-2/h4-8,10-13,20H,3,9,14-16H2,1-2H3. The van der Waals surface area contributed by atoms with Crippen LogP contribution in [-0.4, -0.2) is 36.3 Å². The van der Waals surface area contributed by atoms with Gasteiger partial charge in [-0.3, -0.25) is 9.59 Å². The summed E-state index contributed by atoms with van der Waals surface area (Å²) in [6.07, 6.45) is 1.90. The van der Waals surface area contributed by atoms with Crippen molar-refractivity contribution in [2.75, 3.05) is 13.7 Å². The molecular formula is C23H26N2O4. The van der Waals surface area contributed by atoms with Gasteiger partial charge in [0.25, 0.3) is 0 Å². The fourth-order valence-electron chi connectivity index (χ4n) is 3.33. The molecule has 1 heterocycles. The summed E-state index contributed by atoms with van der Waals surface area (Å²) in [4.78, 5) is 23.8. The highest BCUT2D eigenvalue weighted by Crippen LogP contribution is 2.35. The Labute approximate surface area is 171 Å². The van der Waals surface area contributed by atoms with E-state index in [1.807, 2.05) is 61.5 Å². The first-order valence-corrected chi connectivity index (χ1v) is 9.87. The first-order valence-electron chi connectivity index (χ1n) is 9.87. The van der Waals surface area contributed by atoms with Gasteiger partial charge in [-0.2, -0.15) is 5.10 Å². The first kappa shape index (κ1) is 20.6. The number of hydrogen-bond donors (Lipinski definition) is 0.